The van der Waals surface area contributed by atoms with Gasteiger partial charge in [-0.05, 0) is 58.4 Å². The van der Waals surface area contributed by atoms with Gasteiger partial charge in [0.1, 0.15) is 0 Å². The van der Waals surface area contributed by atoms with Crippen molar-refractivity contribution in [2.24, 2.45) is 5.92 Å². The minimum atomic E-state index is -0.575. The van der Waals surface area contributed by atoms with Gasteiger partial charge in [-0.15, -0.1) is 0 Å². The van der Waals surface area contributed by atoms with Crippen molar-refractivity contribution in [3.63, 3.8) is 0 Å². The van der Waals surface area contributed by atoms with Crippen molar-refractivity contribution in [1.82, 2.24) is 4.90 Å². The minimum absolute atomic E-state index is 0.211. The maximum atomic E-state index is 10.7. The van der Waals surface area contributed by atoms with Crippen molar-refractivity contribution in [3.8, 4) is 0 Å². The Morgan fingerprint density at radius 2 is 2.10 bits per heavy atom. The predicted molar refractivity (Wildman–Crippen MR) is 82.6 cm³/mol. The monoisotopic (exact) mass is 281 g/mol. The van der Waals surface area contributed by atoms with Crippen LogP contribution in [-0.4, -0.2) is 45.9 Å². The van der Waals surface area contributed by atoms with Crippen LogP contribution in [0.1, 0.15) is 59.3 Å². The third-order valence-electron chi connectivity index (χ3n) is 4.88. The fourth-order valence-corrected chi connectivity index (χ4v) is 3.88. The molecule has 0 aromatic carbocycles. The zero-order chi connectivity index (χ0) is 14.8. The van der Waals surface area contributed by atoms with E-state index in [1.165, 1.54) is 18.4 Å². The summed E-state index contributed by atoms with van der Waals surface area (Å²) in [5, 5.41) is 20.1. The number of aliphatic hydroxyl groups excluding tert-OH is 1. The van der Waals surface area contributed by atoms with Crippen LogP contribution in [0.4, 0.5) is 0 Å². The average Bonchev–Trinajstić information content (AvgIpc) is 2.35. The maximum absolute atomic E-state index is 10.7. The summed E-state index contributed by atoms with van der Waals surface area (Å²) in [5.74, 6) is 0.483. The molecule has 20 heavy (non-hydrogen) atoms. The van der Waals surface area contributed by atoms with Crippen LogP contribution in [-0.2, 0) is 0 Å². The first-order chi connectivity index (χ1) is 9.38. The average molecular weight is 281 g/mol. The Labute approximate surface area is 123 Å². The molecule has 2 aliphatic heterocycles. The first kappa shape index (κ1) is 16.0. The maximum Gasteiger partial charge on any atom is 0.0811 e. The van der Waals surface area contributed by atoms with E-state index in [2.05, 4.69) is 17.9 Å². The standard InChI is InChI=1S/C17H31NO2/c1-13(7-8-14(2)19)10-15-11-17(3,20)16-6-4-5-9-18(16)12-15/h10,13-14,16,19-20H,4-9,11-12H2,1-3H3/b15-10-. The highest BCUT2D eigenvalue weighted by Crippen LogP contribution is 2.36. The van der Waals surface area contributed by atoms with Crippen molar-refractivity contribution >= 4 is 0 Å². The van der Waals surface area contributed by atoms with Crippen molar-refractivity contribution in [1.29, 1.82) is 0 Å². The lowest BCUT2D eigenvalue weighted by Crippen LogP contribution is -2.57. The van der Waals surface area contributed by atoms with Gasteiger partial charge in [-0.3, -0.25) is 4.90 Å². The number of aliphatic hydroxyl groups is 2. The molecule has 0 aliphatic carbocycles. The molecular weight excluding hydrogens is 250 g/mol. The van der Waals surface area contributed by atoms with Gasteiger partial charge < -0.3 is 10.2 Å². The molecule has 0 bridgehead atoms. The summed E-state index contributed by atoms with van der Waals surface area (Å²) in [5.41, 5.74) is 0.806. The van der Waals surface area contributed by atoms with Gasteiger partial charge in [0.15, 0.2) is 0 Å². The van der Waals surface area contributed by atoms with Crippen LogP contribution >= 0.6 is 0 Å². The fourth-order valence-electron chi connectivity index (χ4n) is 3.88. The third-order valence-corrected chi connectivity index (χ3v) is 4.88. The lowest BCUT2D eigenvalue weighted by atomic mass is 9.78. The third kappa shape index (κ3) is 4.06. The SMILES string of the molecule is CC(O)CCC(C)/C=C1\CN2CCCCC2C(C)(O)C1. The minimum Gasteiger partial charge on any atom is -0.393 e. The molecule has 2 aliphatic rings. The number of hydrogen-bond donors (Lipinski definition) is 2. The Kier molecular flexibility index (Phi) is 5.27. The number of allylic oxidation sites excluding steroid dienone is 1. The Hall–Kier alpha value is -0.380. The molecule has 0 radical (unpaired) electrons. The molecule has 3 nitrogen and oxygen atoms in total. The van der Waals surface area contributed by atoms with Crippen LogP contribution in [0.2, 0.25) is 0 Å². The zero-order valence-electron chi connectivity index (χ0n) is 13.3. The van der Waals surface area contributed by atoms with Crippen molar-refractivity contribution in [2.75, 3.05) is 13.1 Å². The summed E-state index contributed by atoms with van der Waals surface area (Å²) in [7, 11) is 0. The first-order valence-electron chi connectivity index (χ1n) is 8.22. The van der Waals surface area contributed by atoms with Crippen molar-refractivity contribution in [3.05, 3.63) is 11.6 Å². The Morgan fingerprint density at radius 1 is 1.35 bits per heavy atom. The van der Waals surface area contributed by atoms with Gasteiger partial charge in [-0.1, -0.05) is 25.0 Å². The summed E-state index contributed by atoms with van der Waals surface area (Å²) in [6.45, 7) is 8.22. The second-order valence-corrected chi connectivity index (χ2v) is 7.24. The molecule has 0 aromatic heterocycles. The largest absolute Gasteiger partial charge is 0.393 e. The van der Waals surface area contributed by atoms with E-state index in [1.54, 1.807) is 0 Å². The van der Waals surface area contributed by atoms with E-state index in [9.17, 15) is 10.2 Å². The predicted octanol–water partition coefficient (Wildman–Crippen LogP) is 2.72. The number of nitrogens with zero attached hydrogens (tertiary/aromatic N) is 1. The molecule has 2 N–H and O–H groups in total. The van der Waals surface area contributed by atoms with Gasteiger partial charge in [0.25, 0.3) is 0 Å². The highest BCUT2D eigenvalue weighted by molar-refractivity contribution is 5.17. The van der Waals surface area contributed by atoms with Crippen LogP contribution in [0, 0.1) is 5.92 Å². The van der Waals surface area contributed by atoms with Crippen LogP contribution < -0.4 is 0 Å². The lowest BCUT2D eigenvalue weighted by Gasteiger charge is -2.49. The molecule has 116 valence electrons. The fraction of sp³-hybridized carbons (Fsp3) is 0.882. The molecule has 2 saturated heterocycles. The molecule has 2 heterocycles. The molecule has 4 atom stereocenters. The normalized spacial score (nSPS) is 36.6. The molecule has 2 rings (SSSR count). The van der Waals surface area contributed by atoms with Crippen LogP contribution in [0.3, 0.4) is 0 Å². The van der Waals surface area contributed by atoms with Gasteiger partial charge >= 0.3 is 0 Å². The summed E-state index contributed by atoms with van der Waals surface area (Å²) in [6.07, 6.45) is 8.46. The highest BCUT2D eigenvalue weighted by atomic mass is 16.3. The van der Waals surface area contributed by atoms with E-state index in [0.29, 0.717) is 12.0 Å². The summed E-state index contributed by atoms with van der Waals surface area (Å²) in [6, 6.07) is 0.348. The van der Waals surface area contributed by atoms with E-state index in [-0.39, 0.29) is 6.10 Å². The number of fused-ring (bicyclic) bond motifs is 1. The molecule has 2 fully saturated rings. The topological polar surface area (TPSA) is 43.7 Å². The van der Waals surface area contributed by atoms with Gasteiger partial charge in [-0.25, -0.2) is 0 Å². The number of piperidine rings is 2. The quantitative estimate of drug-likeness (QED) is 0.779. The lowest BCUT2D eigenvalue weighted by molar-refractivity contribution is -0.0641. The summed E-state index contributed by atoms with van der Waals surface area (Å²) >= 11 is 0. The smallest absolute Gasteiger partial charge is 0.0811 e. The number of hydrogen-bond acceptors (Lipinski definition) is 3. The van der Waals surface area contributed by atoms with E-state index in [4.69, 9.17) is 0 Å². The second kappa shape index (κ2) is 6.59. The van der Waals surface area contributed by atoms with Gasteiger partial charge in [0, 0.05) is 12.6 Å². The first-order valence-corrected chi connectivity index (χ1v) is 8.22. The van der Waals surface area contributed by atoms with Crippen molar-refractivity contribution in [2.45, 2.75) is 77.0 Å². The Bertz CT molecular complexity index is 349. The second-order valence-electron chi connectivity index (χ2n) is 7.24. The zero-order valence-corrected chi connectivity index (χ0v) is 13.3. The highest BCUT2D eigenvalue weighted by Gasteiger charge is 2.42. The number of rotatable bonds is 4. The van der Waals surface area contributed by atoms with Gasteiger partial charge in [0.2, 0.25) is 0 Å². The molecule has 4 unspecified atom stereocenters. The molecule has 0 amide bonds. The summed E-state index contributed by atoms with van der Waals surface area (Å²) < 4.78 is 0. The molecule has 0 aromatic rings. The Morgan fingerprint density at radius 3 is 2.80 bits per heavy atom. The Balaban J connectivity index is 1.99. The molecule has 0 saturated carbocycles. The van der Waals surface area contributed by atoms with Crippen LogP contribution in [0.15, 0.2) is 11.6 Å². The van der Waals surface area contributed by atoms with Crippen LogP contribution in [0.25, 0.3) is 0 Å². The van der Waals surface area contributed by atoms with E-state index < -0.39 is 5.60 Å². The van der Waals surface area contributed by atoms with Crippen molar-refractivity contribution < 1.29 is 10.2 Å². The molecular formula is C17H31NO2. The molecule has 0 spiro atoms. The van der Waals surface area contributed by atoms with Gasteiger partial charge in [0.05, 0.1) is 11.7 Å². The van der Waals surface area contributed by atoms with E-state index in [0.717, 1.165) is 38.8 Å². The van der Waals surface area contributed by atoms with Gasteiger partial charge in [-0.2, -0.15) is 0 Å². The van der Waals surface area contributed by atoms with Crippen LogP contribution in [0.5, 0.6) is 0 Å². The van der Waals surface area contributed by atoms with E-state index >= 15 is 0 Å². The molecule has 3 heteroatoms. The summed E-state index contributed by atoms with van der Waals surface area (Å²) in [4.78, 5) is 2.47. The van der Waals surface area contributed by atoms with E-state index in [1.807, 2.05) is 13.8 Å².